The summed E-state index contributed by atoms with van der Waals surface area (Å²) in [5.41, 5.74) is 0. The predicted molar refractivity (Wildman–Crippen MR) is 40.0 cm³/mol. The fraction of sp³-hybridized carbons (Fsp3) is 0.429. The first-order chi connectivity index (χ1) is 4.88. The average Bonchev–Trinajstić information content (AvgIpc) is 2.34. The van der Waals surface area contributed by atoms with Gasteiger partial charge < -0.3 is 9.47 Å². The summed E-state index contributed by atoms with van der Waals surface area (Å²) >= 11 is 1.67. The van der Waals surface area contributed by atoms with E-state index in [1.54, 1.807) is 11.3 Å². The van der Waals surface area contributed by atoms with E-state index in [1.807, 2.05) is 12.3 Å². The molecule has 0 saturated heterocycles. The molecule has 2 rings (SSSR count). The summed E-state index contributed by atoms with van der Waals surface area (Å²) < 4.78 is 10.7. The highest BCUT2D eigenvalue weighted by Gasteiger charge is 2.14. The van der Waals surface area contributed by atoms with Crippen LogP contribution in [0.25, 0.3) is 0 Å². The van der Waals surface area contributed by atoms with Crippen LogP contribution < -0.4 is 9.47 Å². The van der Waals surface area contributed by atoms with Crippen molar-refractivity contribution in [1.82, 2.24) is 0 Å². The molecule has 3 heteroatoms. The zero-order chi connectivity index (χ0) is 6.97. The molecule has 0 aliphatic carbocycles. The summed E-state index contributed by atoms with van der Waals surface area (Å²) in [7, 11) is 0. The minimum Gasteiger partial charge on any atom is -0.485 e. The third-order valence-electron chi connectivity index (χ3n) is 1.47. The molecule has 0 atom stereocenters. The summed E-state index contributed by atoms with van der Waals surface area (Å²) in [5, 5.41) is 1.99. The van der Waals surface area contributed by atoms with E-state index >= 15 is 0 Å². The Bertz CT molecular complexity index is 242. The fourth-order valence-electron chi connectivity index (χ4n) is 0.990. The SMILES string of the molecule is Cc1scc2c1OCCO2. The topological polar surface area (TPSA) is 18.5 Å². The lowest BCUT2D eigenvalue weighted by atomic mass is 10.4. The quantitative estimate of drug-likeness (QED) is 0.570. The van der Waals surface area contributed by atoms with Gasteiger partial charge >= 0.3 is 0 Å². The Kier molecular flexibility index (Phi) is 1.31. The van der Waals surface area contributed by atoms with Crippen molar-refractivity contribution >= 4 is 11.3 Å². The first-order valence-electron chi connectivity index (χ1n) is 3.21. The van der Waals surface area contributed by atoms with Gasteiger partial charge in [-0.1, -0.05) is 0 Å². The molecule has 0 spiro atoms. The lowest BCUT2D eigenvalue weighted by Crippen LogP contribution is -2.14. The molecule has 0 unspecified atom stereocenters. The van der Waals surface area contributed by atoms with Crippen LogP contribution in [-0.4, -0.2) is 13.2 Å². The molecule has 2 nitrogen and oxygen atoms in total. The van der Waals surface area contributed by atoms with Crippen molar-refractivity contribution in [1.29, 1.82) is 0 Å². The average molecular weight is 156 g/mol. The maximum Gasteiger partial charge on any atom is 0.174 e. The van der Waals surface area contributed by atoms with Crippen molar-refractivity contribution in [2.45, 2.75) is 6.92 Å². The molecule has 1 aliphatic rings. The first kappa shape index (κ1) is 6.04. The Balaban J connectivity index is 2.45. The Morgan fingerprint density at radius 2 is 2.20 bits per heavy atom. The van der Waals surface area contributed by atoms with Crippen LogP contribution in [0.4, 0.5) is 0 Å². The summed E-state index contributed by atoms with van der Waals surface area (Å²) in [6, 6.07) is 0. The highest BCUT2D eigenvalue weighted by molar-refractivity contribution is 7.10. The second kappa shape index (κ2) is 2.16. The number of rotatable bonds is 0. The Morgan fingerprint density at radius 1 is 1.40 bits per heavy atom. The number of hydrogen-bond acceptors (Lipinski definition) is 3. The van der Waals surface area contributed by atoms with Gasteiger partial charge in [-0.25, -0.2) is 0 Å². The molecule has 0 radical (unpaired) electrons. The van der Waals surface area contributed by atoms with Crippen molar-refractivity contribution in [3.05, 3.63) is 10.3 Å². The smallest absolute Gasteiger partial charge is 0.174 e. The van der Waals surface area contributed by atoms with Crippen LogP contribution in [0.5, 0.6) is 11.5 Å². The Hall–Kier alpha value is -0.700. The van der Waals surface area contributed by atoms with E-state index in [4.69, 9.17) is 9.47 Å². The highest BCUT2D eigenvalue weighted by Crippen LogP contribution is 2.38. The van der Waals surface area contributed by atoms with Crippen LogP contribution in [-0.2, 0) is 0 Å². The van der Waals surface area contributed by atoms with Crippen molar-refractivity contribution in [3.8, 4) is 11.5 Å². The van der Waals surface area contributed by atoms with Gasteiger partial charge in [-0.15, -0.1) is 11.3 Å². The third-order valence-corrected chi connectivity index (χ3v) is 2.34. The van der Waals surface area contributed by atoms with Crippen molar-refractivity contribution in [2.75, 3.05) is 13.2 Å². The number of aryl methyl sites for hydroxylation is 1. The molecule has 0 N–H and O–H groups in total. The standard InChI is InChI=1S/C7H8O2S/c1-5-7-6(4-10-5)8-2-3-9-7/h4H,2-3H2,1H3. The van der Waals surface area contributed by atoms with Crippen LogP contribution in [0.3, 0.4) is 0 Å². The molecule has 10 heavy (non-hydrogen) atoms. The zero-order valence-corrected chi connectivity index (χ0v) is 6.53. The van der Waals surface area contributed by atoms with E-state index < -0.39 is 0 Å². The first-order valence-corrected chi connectivity index (χ1v) is 4.09. The molecule has 0 bridgehead atoms. The number of fused-ring (bicyclic) bond motifs is 1. The monoisotopic (exact) mass is 156 g/mol. The number of ether oxygens (including phenoxy) is 2. The van der Waals surface area contributed by atoms with Crippen LogP contribution in [0.15, 0.2) is 5.38 Å². The van der Waals surface area contributed by atoms with Crippen molar-refractivity contribution in [2.24, 2.45) is 0 Å². The number of hydrogen-bond donors (Lipinski definition) is 0. The van der Waals surface area contributed by atoms with E-state index in [0.717, 1.165) is 11.5 Å². The molecule has 0 fully saturated rings. The lowest BCUT2D eigenvalue weighted by molar-refractivity contribution is 0.172. The van der Waals surface area contributed by atoms with E-state index in [1.165, 1.54) is 4.88 Å². The van der Waals surface area contributed by atoms with Gasteiger partial charge in [0.05, 0.1) is 0 Å². The zero-order valence-electron chi connectivity index (χ0n) is 5.72. The molecule has 54 valence electrons. The Labute approximate surface area is 63.4 Å². The van der Waals surface area contributed by atoms with E-state index in [0.29, 0.717) is 13.2 Å². The molecule has 1 aromatic heterocycles. The van der Waals surface area contributed by atoms with Gasteiger partial charge in [-0.05, 0) is 6.92 Å². The molecule has 2 heterocycles. The fourth-order valence-corrected chi connectivity index (χ4v) is 1.72. The Morgan fingerprint density at radius 3 is 3.00 bits per heavy atom. The molecule has 1 aromatic rings. The molecular formula is C7H8O2S. The van der Waals surface area contributed by atoms with E-state index in [2.05, 4.69) is 0 Å². The maximum atomic E-state index is 5.38. The summed E-state index contributed by atoms with van der Waals surface area (Å²) in [4.78, 5) is 1.20. The van der Waals surface area contributed by atoms with Crippen LogP contribution in [0.1, 0.15) is 4.88 Å². The summed E-state index contributed by atoms with van der Waals surface area (Å²) in [6.45, 7) is 3.41. The van der Waals surface area contributed by atoms with Gasteiger partial charge in [0.1, 0.15) is 13.2 Å². The van der Waals surface area contributed by atoms with E-state index in [9.17, 15) is 0 Å². The van der Waals surface area contributed by atoms with Crippen LogP contribution >= 0.6 is 11.3 Å². The molecule has 0 saturated carbocycles. The molecule has 1 aliphatic heterocycles. The van der Waals surface area contributed by atoms with Crippen LogP contribution in [0, 0.1) is 6.92 Å². The normalized spacial score (nSPS) is 15.3. The van der Waals surface area contributed by atoms with Gasteiger partial charge in [0.2, 0.25) is 0 Å². The number of thiophene rings is 1. The summed E-state index contributed by atoms with van der Waals surface area (Å²) in [5.74, 6) is 1.85. The second-order valence-corrected chi connectivity index (χ2v) is 3.27. The minimum absolute atomic E-state index is 0.684. The predicted octanol–water partition coefficient (Wildman–Crippen LogP) is 1.83. The molecule has 0 aromatic carbocycles. The second-order valence-electron chi connectivity index (χ2n) is 2.18. The minimum atomic E-state index is 0.684. The van der Waals surface area contributed by atoms with Gasteiger partial charge in [0, 0.05) is 10.3 Å². The van der Waals surface area contributed by atoms with Crippen LogP contribution in [0.2, 0.25) is 0 Å². The maximum absolute atomic E-state index is 5.38. The van der Waals surface area contributed by atoms with Crippen molar-refractivity contribution in [3.63, 3.8) is 0 Å². The van der Waals surface area contributed by atoms with E-state index in [-0.39, 0.29) is 0 Å². The lowest BCUT2D eigenvalue weighted by Gasteiger charge is -2.14. The van der Waals surface area contributed by atoms with Gasteiger partial charge in [0.15, 0.2) is 11.5 Å². The molecule has 0 amide bonds. The van der Waals surface area contributed by atoms with Gasteiger partial charge in [-0.2, -0.15) is 0 Å². The largest absolute Gasteiger partial charge is 0.485 e. The van der Waals surface area contributed by atoms with Crippen molar-refractivity contribution < 1.29 is 9.47 Å². The third kappa shape index (κ3) is 0.778. The molecular weight excluding hydrogens is 148 g/mol. The highest BCUT2D eigenvalue weighted by atomic mass is 32.1. The summed E-state index contributed by atoms with van der Waals surface area (Å²) in [6.07, 6.45) is 0. The van der Waals surface area contributed by atoms with Gasteiger partial charge in [0.25, 0.3) is 0 Å². The van der Waals surface area contributed by atoms with Gasteiger partial charge in [-0.3, -0.25) is 0 Å².